The molecule has 0 radical (unpaired) electrons. The lowest BCUT2D eigenvalue weighted by Gasteiger charge is -2.14. The van der Waals surface area contributed by atoms with Gasteiger partial charge in [0.05, 0.1) is 0 Å². The Kier molecular flexibility index (Phi) is 7.61. The van der Waals surface area contributed by atoms with Gasteiger partial charge in [-0.05, 0) is 60.0 Å². The van der Waals surface area contributed by atoms with E-state index in [1.54, 1.807) is 30.5 Å². The minimum Gasteiger partial charge on any atom is -0.489 e. The second-order valence-corrected chi connectivity index (χ2v) is 9.62. The lowest BCUT2D eigenvalue weighted by Crippen LogP contribution is -2.42. The van der Waals surface area contributed by atoms with E-state index in [2.05, 4.69) is 10.3 Å². The van der Waals surface area contributed by atoms with Crippen molar-refractivity contribution in [3.8, 4) is 16.9 Å². The number of hydrogen-bond acceptors (Lipinski definition) is 4. The molecule has 5 rings (SSSR count). The minimum absolute atomic E-state index is 0.118. The number of nitrogens with zero attached hydrogens (tertiary/aromatic N) is 2. The highest BCUT2D eigenvalue weighted by Gasteiger charge is 2.23. The Morgan fingerprint density at radius 2 is 1.67 bits per heavy atom. The second-order valence-electron chi connectivity index (χ2n) is 9.18. The van der Waals surface area contributed by atoms with Crippen molar-refractivity contribution in [3.63, 3.8) is 0 Å². The van der Waals surface area contributed by atoms with E-state index < -0.39 is 17.9 Å². The Morgan fingerprint density at radius 3 is 2.36 bits per heavy atom. The number of amides is 1. The van der Waals surface area contributed by atoms with Gasteiger partial charge in [-0.2, -0.15) is 0 Å². The van der Waals surface area contributed by atoms with Crippen molar-refractivity contribution in [1.82, 2.24) is 14.7 Å². The third-order valence-electron chi connectivity index (χ3n) is 6.49. The summed E-state index contributed by atoms with van der Waals surface area (Å²) in [6.45, 7) is 2.38. The Hall–Kier alpha value is -4.62. The fraction of sp³-hybridized carbons (Fsp3) is 0.129. The van der Waals surface area contributed by atoms with Gasteiger partial charge >= 0.3 is 5.97 Å². The van der Waals surface area contributed by atoms with Crippen molar-refractivity contribution in [2.24, 2.45) is 0 Å². The molecule has 2 aromatic heterocycles. The summed E-state index contributed by atoms with van der Waals surface area (Å²) < 4.78 is 7.62. The third-order valence-corrected chi connectivity index (χ3v) is 6.74. The number of benzene rings is 3. The summed E-state index contributed by atoms with van der Waals surface area (Å²) in [6, 6.07) is 27.2. The van der Waals surface area contributed by atoms with Crippen molar-refractivity contribution < 1.29 is 19.4 Å². The highest BCUT2D eigenvalue weighted by Crippen LogP contribution is 2.26. The van der Waals surface area contributed by atoms with Gasteiger partial charge in [-0.1, -0.05) is 66.2 Å². The number of carbonyl (C=O) groups is 2. The summed E-state index contributed by atoms with van der Waals surface area (Å²) >= 11 is 6.02. The average Bonchev–Trinajstić information content (AvgIpc) is 3.39. The number of rotatable bonds is 9. The maximum atomic E-state index is 13.0. The molecule has 0 saturated heterocycles. The lowest BCUT2D eigenvalue weighted by atomic mass is 10.0. The van der Waals surface area contributed by atoms with Crippen LogP contribution in [0.25, 0.3) is 16.8 Å². The first-order chi connectivity index (χ1) is 18.9. The van der Waals surface area contributed by atoms with Gasteiger partial charge in [-0.25, -0.2) is 9.78 Å². The van der Waals surface area contributed by atoms with Gasteiger partial charge in [-0.3, -0.25) is 4.79 Å². The number of ether oxygens (including phenoxy) is 1. The first kappa shape index (κ1) is 26.0. The summed E-state index contributed by atoms with van der Waals surface area (Å²) in [7, 11) is 0. The van der Waals surface area contributed by atoms with E-state index in [1.807, 2.05) is 78.1 Å². The van der Waals surface area contributed by atoms with Crippen LogP contribution in [-0.4, -0.2) is 32.4 Å². The van der Waals surface area contributed by atoms with Crippen LogP contribution in [0, 0.1) is 6.92 Å². The Morgan fingerprint density at radius 1 is 0.949 bits per heavy atom. The van der Waals surface area contributed by atoms with Crippen LogP contribution in [0.2, 0.25) is 5.02 Å². The van der Waals surface area contributed by atoms with Gasteiger partial charge in [0, 0.05) is 28.9 Å². The number of carboxylic acid groups (broad SMARTS) is 1. The van der Waals surface area contributed by atoms with Gasteiger partial charge in [0.15, 0.2) is 0 Å². The maximum absolute atomic E-state index is 13.0. The Balaban J connectivity index is 1.27. The molecular formula is C31H26ClN3O4. The number of hydrogen-bond donors (Lipinski definition) is 2. The van der Waals surface area contributed by atoms with Crippen LogP contribution in [0.15, 0.2) is 97.2 Å². The zero-order valence-corrected chi connectivity index (χ0v) is 21.9. The van der Waals surface area contributed by atoms with E-state index in [0.29, 0.717) is 23.0 Å². The van der Waals surface area contributed by atoms with Crippen LogP contribution in [-0.2, 0) is 17.8 Å². The predicted molar refractivity (Wildman–Crippen MR) is 150 cm³/mol. The van der Waals surface area contributed by atoms with E-state index in [-0.39, 0.29) is 12.1 Å². The number of pyridine rings is 1. The molecule has 1 amide bonds. The van der Waals surface area contributed by atoms with Gasteiger partial charge in [0.2, 0.25) is 0 Å². The highest BCUT2D eigenvalue weighted by molar-refractivity contribution is 6.30. The molecular weight excluding hydrogens is 514 g/mol. The molecule has 0 fully saturated rings. The van der Waals surface area contributed by atoms with Crippen LogP contribution in [0.3, 0.4) is 0 Å². The summed E-state index contributed by atoms with van der Waals surface area (Å²) in [6.07, 6.45) is 1.74. The first-order valence-corrected chi connectivity index (χ1v) is 12.8. The van der Waals surface area contributed by atoms with Crippen molar-refractivity contribution in [1.29, 1.82) is 0 Å². The average molecular weight is 540 g/mol. The predicted octanol–water partition coefficient (Wildman–Crippen LogP) is 5.97. The van der Waals surface area contributed by atoms with Crippen LogP contribution in [0.4, 0.5) is 0 Å². The number of nitrogens with one attached hydrogen (secondary N) is 1. The molecule has 2 heterocycles. The monoisotopic (exact) mass is 539 g/mol. The summed E-state index contributed by atoms with van der Waals surface area (Å²) in [5, 5.41) is 13.1. The molecule has 0 aliphatic heterocycles. The quantitative estimate of drug-likeness (QED) is 0.241. The van der Waals surface area contributed by atoms with E-state index in [9.17, 15) is 14.7 Å². The number of carbonyl (C=O) groups excluding carboxylic acids is 1. The zero-order valence-electron chi connectivity index (χ0n) is 21.2. The number of fused-ring (bicyclic) bond motifs is 1. The molecule has 5 aromatic rings. The van der Waals surface area contributed by atoms with Crippen molar-refractivity contribution in [3.05, 3.63) is 125 Å². The number of halogens is 1. The largest absolute Gasteiger partial charge is 0.489 e. The lowest BCUT2D eigenvalue weighted by molar-refractivity contribution is -0.139. The fourth-order valence-corrected chi connectivity index (χ4v) is 4.49. The molecule has 7 nitrogen and oxygen atoms in total. The van der Waals surface area contributed by atoms with E-state index in [4.69, 9.17) is 16.3 Å². The van der Waals surface area contributed by atoms with Gasteiger partial charge < -0.3 is 19.6 Å². The molecule has 0 saturated carbocycles. The molecule has 1 unspecified atom stereocenters. The molecule has 0 bridgehead atoms. The van der Waals surface area contributed by atoms with Crippen molar-refractivity contribution in [2.45, 2.75) is 26.0 Å². The third kappa shape index (κ3) is 6.10. The minimum atomic E-state index is -1.13. The van der Waals surface area contributed by atoms with Crippen LogP contribution < -0.4 is 10.1 Å². The van der Waals surface area contributed by atoms with Crippen molar-refractivity contribution in [2.75, 3.05) is 0 Å². The smallest absolute Gasteiger partial charge is 0.326 e. The number of imidazole rings is 1. The number of aryl methyl sites for hydroxylation is 1. The van der Waals surface area contributed by atoms with E-state index in [1.165, 1.54) is 0 Å². The molecule has 2 N–H and O–H groups in total. The topological polar surface area (TPSA) is 92.9 Å². The molecule has 0 aliphatic rings. The molecule has 1 atom stereocenters. The first-order valence-electron chi connectivity index (χ1n) is 12.4. The Bertz CT molecular complexity index is 1610. The van der Waals surface area contributed by atoms with Gasteiger partial charge in [0.1, 0.15) is 29.7 Å². The van der Waals surface area contributed by atoms with Gasteiger partial charge in [0.25, 0.3) is 5.91 Å². The van der Waals surface area contributed by atoms with Crippen LogP contribution in [0.1, 0.15) is 27.3 Å². The summed E-state index contributed by atoms with van der Waals surface area (Å²) in [5.41, 5.74) is 5.40. The standard InChI is InChI=1S/C31H26ClN3O4/c1-20-26(23-9-11-24(32)12-10-23)15-16-29-33-28(18-35(20)29)30(36)34-27(31(37)38)17-21-7-13-25(14-8-21)39-19-22-5-3-2-4-6-22/h2-16,18,27H,17,19H2,1H3,(H,34,36)(H,37,38). The van der Waals surface area contributed by atoms with Crippen LogP contribution >= 0.6 is 11.6 Å². The number of aromatic nitrogens is 2. The van der Waals surface area contributed by atoms with Crippen LogP contribution in [0.5, 0.6) is 5.75 Å². The van der Waals surface area contributed by atoms with Crippen molar-refractivity contribution >= 4 is 29.1 Å². The normalized spacial score (nSPS) is 11.7. The van der Waals surface area contributed by atoms with E-state index >= 15 is 0 Å². The van der Waals surface area contributed by atoms with Gasteiger partial charge in [-0.15, -0.1) is 0 Å². The zero-order chi connectivity index (χ0) is 27.4. The number of carboxylic acids is 1. The molecule has 8 heteroatoms. The molecule has 3 aromatic carbocycles. The fourth-order valence-electron chi connectivity index (χ4n) is 4.36. The molecule has 196 valence electrons. The Labute approximate surface area is 230 Å². The SMILES string of the molecule is Cc1c(-c2ccc(Cl)cc2)ccc2nc(C(=O)NC(Cc3ccc(OCc4ccccc4)cc3)C(=O)O)cn12. The molecule has 0 aliphatic carbocycles. The molecule has 0 spiro atoms. The summed E-state index contributed by atoms with van der Waals surface area (Å²) in [5.74, 6) is -1.00. The maximum Gasteiger partial charge on any atom is 0.326 e. The highest BCUT2D eigenvalue weighted by atomic mass is 35.5. The molecule has 39 heavy (non-hydrogen) atoms. The number of aliphatic carboxylic acids is 1. The summed E-state index contributed by atoms with van der Waals surface area (Å²) in [4.78, 5) is 29.4. The second kappa shape index (κ2) is 11.4. The van der Waals surface area contributed by atoms with E-state index in [0.717, 1.165) is 27.9 Å².